The highest BCUT2D eigenvalue weighted by atomic mass is 79.9. The SMILES string of the molecule is N#Cc1cc(Br)cnc1OC(F)(F)F. The molecule has 1 aromatic rings. The van der Waals surface area contributed by atoms with Gasteiger partial charge >= 0.3 is 6.36 Å². The van der Waals surface area contributed by atoms with Gasteiger partial charge in [-0.25, -0.2) is 4.98 Å². The first-order valence-electron chi connectivity index (χ1n) is 3.24. The molecule has 1 heterocycles. The number of nitrogens with zero attached hydrogens (tertiary/aromatic N) is 2. The fourth-order valence-electron chi connectivity index (χ4n) is 0.698. The van der Waals surface area contributed by atoms with Gasteiger partial charge in [-0.1, -0.05) is 0 Å². The van der Waals surface area contributed by atoms with Crippen LogP contribution in [-0.2, 0) is 0 Å². The predicted molar refractivity (Wildman–Crippen MR) is 43.3 cm³/mol. The minimum Gasteiger partial charge on any atom is -0.386 e. The van der Waals surface area contributed by atoms with E-state index in [0.29, 0.717) is 4.47 Å². The number of ether oxygens (including phenoxy) is 1. The summed E-state index contributed by atoms with van der Waals surface area (Å²) in [6, 6.07) is 2.73. The van der Waals surface area contributed by atoms with Crippen molar-refractivity contribution < 1.29 is 17.9 Å². The van der Waals surface area contributed by atoms with Crippen molar-refractivity contribution in [2.75, 3.05) is 0 Å². The molecule has 0 atom stereocenters. The highest BCUT2D eigenvalue weighted by Crippen LogP contribution is 2.25. The minimum absolute atomic E-state index is 0.281. The number of hydrogen-bond acceptors (Lipinski definition) is 3. The third-order valence-electron chi connectivity index (χ3n) is 1.15. The van der Waals surface area contributed by atoms with Crippen molar-refractivity contribution in [2.24, 2.45) is 0 Å². The fraction of sp³-hybridized carbons (Fsp3) is 0.143. The van der Waals surface area contributed by atoms with E-state index in [4.69, 9.17) is 5.26 Å². The zero-order chi connectivity index (χ0) is 10.8. The Bertz CT molecular complexity index is 386. The van der Waals surface area contributed by atoms with Gasteiger partial charge in [-0.3, -0.25) is 0 Å². The number of rotatable bonds is 1. The van der Waals surface area contributed by atoms with Crippen LogP contribution in [0.1, 0.15) is 5.56 Å². The molecule has 0 aliphatic heterocycles. The Balaban J connectivity index is 3.05. The van der Waals surface area contributed by atoms with E-state index in [-0.39, 0.29) is 5.56 Å². The van der Waals surface area contributed by atoms with Crippen LogP contribution in [0.15, 0.2) is 16.7 Å². The summed E-state index contributed by atoms with van der Waals surface area (Å²) in [7, 11) is 0. The third-order valence-corrected chi connectivity index (χ3v) is 1.58. The quantitative estimate of drug-likeness (QED) is 0.785. The van der Waals surface area contributed by atoms with E-state index >= 15 is 0 Å². The van der Waals surface area contributed by atoms with Gasteiger partial charge in [0.2, 0.25) is 5.88 Å². The molecule has 0 fully saturated rings. The predicted octanol–water partition coefficient (Wildman–Crippen LogP) is 2.61. The zero-order valence-corrected chi connectivity index (χ0v) is 8.06. The van der Waals surface area contributed by atoms with Crippen molar-refractivity contribution in [3.63, 3.8) is 0 Å². The van der Waals surface area contributed by atoms with Gasteiger partial charge in [-0.05, 0) is 22.0 Å². The second kappa shape index (κ2) is 3.84. The maximum atomic E-state index is 11.8. The van der Waals surface area contributed by atoms with Gasteiger partial charge in [0.1, 0.15) is 11.6 Å². The van der Waals surface area contributed by atoms with Crippen molar-refractivity contribution in [1.29, 1.82) is 5.26 Å². The molecule has 3 nitrogen and oxygen atoms in total. The molecule has 0 bridgehead atoms. The van der Waals surface area contributed by atoms with Gasteiger partial charge in [0, 0.05) is 10.7 Å². The second-order valence-electron chi connectivity index (χ2n) is 2.17. The number of aromatic nitrogens is 1. The average molecular weight is 267 g/mol. The van der Waals surface area contributed by atoms with Gasteiger partial charge in [-0.15, -0.1) is 13.2 Å². The molecule has 0 spiro atoms. The summed E-state index contributed by atoms with van der Waals surface area (Å²) in [5.41, 5.74) is -0.281. The Kier molecular flexibility index (Phi) is 2.96. The van der Waals surface area contributed by atoms with E-state index in [1.165, 1.54) is 6.07 Å². The summed E-state index contributed by atoms with van der Waals surface area (Å²) >= 11 is 2.97. The summed E-state index contributed by atoms with van der Waals surface area (Å²) in [5, 5.41) is 8.48. The Morgan fingerprint density at radius 3 is 2.64 bits per heavy atom. The zero-order valence-electron chi connectivity index (χ0n) is 6.47. The molecule has 1 aromatic heterocycles. The molecular formula is C7H2BrF3N2O. The summed E-state index contributed by atoms with van der Waals surface area (Å²) in [4.78, 5) is 3.32. The number of nitriles is 1. The van der Waals surface area contributed by atoms with Crippen LogP contribution in [0.25, 0.3) is 0 Å². The number of halogens is 4. The molecule has 14 heavy (non-hydrogen) atoms. The fourth-order valence-corrected chi connectivity index (χ4v) is 1.03. The van der Waals surface area contributed by atoms with Crippen LogP contribution in [0.5, 0.6) is 5.88 Å². The van der Waals surface area contributed by atoms with E-state index in [9.17, 15) is 13.2 Å². The van der Waals surface area contributed by atoms with Gasteiger partial charge in [0.05, 0.1) is 0 Å². The molecule has 0 unspecified atom stereocenters. The standard InChI is InChI=1S/C7H2BrF3N2O/c8-5-1-4(2-12)6(13-3-5)14-7(9,10)11/h1,3H. The van der Waals surface area contributed by atoms with E-state index in [1.807, 2.05) is 0 Å². The molecule has 0 aliphatic carbocycles. The molecule has 1 rings (SSSR count). The van der Waals surface area contributed by atoms with E-state index in [2.05, 4.69) is 25.7 Å². The van der Waals surface area contributed by atoms with Crippen LogP contribution in [0, 0.1) is 11.3 Å². The summed E-state index contributed by atoms with van der Waals surface area (Å²) < 4.78 is 39.3. The van der Waals surface area contributed by atoms with Gasteiger partial charge < -0.3 is 4.74 Å². The molecule has 74 valence electrons. The molecule has 7 heteroatoms. The lowest BCUT2D eigenvalue weighted by Crippen LogP contribution is -2.18. The summed E-state index contributed by atoms with van der Waals surface area (Å²) in [5.74, 6) is -0.747. The lowest BCUT2D eigenvalue weighted by molar-refractivity contribution is -0.276. The van der Waals surface area contributed by atoms with Crippen molar-refractivity contribution in [3.8, 4) is 11.9 Å². The third kappa shape index (κ3) is 2.88. The van der Waals surface area contributed by atoms with Crippen molar-refractivity contribution in [3.05, 3.63) is 22.3 Å². The molecule has 0 saturated heterocycles. The van der Waals surface area contributed by atoms with Gasteiger partial charge in [0.15, 0.2) is 0 Å². The molecule has 0 aromatic carbocycles. The molecule has 0 aliphatic rings. The van der Waals surface area contributed by atoms with Crippen LogP contribution in [0.2, 0.25) is 0 Å². The first-order valence-corrected chi connectivity index (χ1v) is 4.03. The molecular weight excluding hydrogens is 265 g/mol. The highest BCUT2D eigenvalue weighted by molar-refractivity contribution is 9.10. The van der Waals surface area contributed by atoms with Crippen LogP contribution in [0.4, 0.5) is 13.2 Å². The van der Waals surface area contributed by atoms with Gasteiger partial charge in [0.25, 0.3) is 0 Å². The molecule has 0 N–H and O–H groups in total. The summed E-state index contributed by atoms with van der Waals surface area (Å²) in [6.07, 6.45) is -3.73. The second-order valence-corrected chi connectivity index (χ2v) is 3.08. The highest BCUT2D eigenvalue weighted by Gasteiger charge is 2.32. The average Bonchev–Trinajstić information content (AvgIpc) is 2.06. The Labute approximate surface area is 85.3 Å². The monoisotopic (exact) mass is 266 g/mol. The molecule has 0 radical (unpaired) electrons. The van der Waals surface area contributed by atoms with Gasteiger partial charge in [-0.2, -0.15) is 5.26 Å². The molecule has 0 amide bonds. The Morgan fingerprint density at radius 2 is 2.14 bits per heavy atom. The lowest BCUT2D eigenvalue weighted by atomic mass is 10.3. The van der Waals surface area contributed by atoms with Crippen LogP contribution in [-0.4, -0.2) is 11.3 Å². The van der Waals surface area contributed by atoms with E-state index in [1.54, 1.807) is 6.07 Å². The van der Waals surface area contributed by atoms with Crippen LogP contribution < -0.4 is 4.74 Å². The Morgan fingerprint density at radius 1 is 1.50 bits per heavy atom. The largest absolute Gasteiger partial charge is 0.574 e. The minimum atomic E-state index is -4.84. The first kappa shape index (κ1) is 10.8. The van der Waals surface area contributed by atoms with E-state index < -0.39 is 12.2 Å². The van der Waals surface area contributed by atoms with Crippen molar-refractivity contribution in [1.82, 2.24) is 4.98 Å². The Hall–Kier alpha value is -1.29. The van der Waals surface area contributed by atoms with Crippen LogP contribution in [0.3, 0.4) is 0 Å². The molecule has 0 saturated carbocycles. The maximum Gasteiger partial charge on any atom is 0.574 e. The van der Waals surface area contributed by atoms with Crippen LogP contribution >= 0.6 is 15.9 Å². The van der Waals surface area contributed by atoms with Crippen molar-refractivity contribution in [2.45, 2.75) is 6.36 Å². The summed E-state index contributed by atoms with van der Waals surface area (Å²) in [6.45, 7) is 0. The number of hydrogen-bond donors (Lipinski definition) is 0. The van der Waals surface area contributed by atoms with Crippen molar-refractivity contribution >= 4 is 15.9 Å². The number of pyridine rings is 1. The normalized spacial score (nSPS) is 10.8. The smallest absolute Gasteiger partial charge is 0.386 e. The topological polar surface area (TPSA) is 45.9 Å². The number of alkyl halides is 3. The van der Waals surface area contributed by atoms with E-state index in [0.717, 1.165) is 6.20 Å². The lowest BCUT2D eigenvalue weighted by Gasteiger charge is -2.08. The first-order chi connectivity index (χ1) is 6.42. The maximum absolute atomic E-state index is 11.8.